The van der Waals surface area contributed by atoms with Crippen molar-refractivity contribution < 1.29 is 38.3 Å². The van der Waals surface area contributed by atoms with E-state index in [2.05, 4.69) is 0 Å². The maximum atomic E-state index is 13.7. The zero-order chi connectivity index (χ0) is 23.2. The van der Waals surface area contributed by atoms with Gasteiger partial charge in [0.15, 0.2) is 22.9 Å². The van der Waals surface area contributed by atoms with Crippen molar-refractivity contribution in [2.24, 2.45) is 0 Å². The lowest BCUT2D eigenvalue weighted by Crippen LogP contribution is -2.42. The molecule has 2 aliphatic rings. The molecule has 2 aliphatic carbocycles. The molecule has 1 N–H and O–H groups in total. The fourth-order valence-corrected chi connectivity index (χ4v) is 5.13. The summed E-state index contributed by atoms with van der Waals surface area (Å²) in [6.07, 6.45) is 0. The van der Waals surface area contributed by atoms with Crippen LogP contribution < -0.4 is 18.9 Å². The third-order valence-corrected chi connectivity index (χ3v) is 6.30. The topological polar surface area (TPSA) is 92.7 Å². The van der Waals surface area contributed by atoms with Gasteiger partial charge in [0, 0.05) is 17.0 Å². The molecule has 0 saturated carbocycles. The molecular weight excluding hydrogens is 416 g/mol. The van der Waals surface area contributed by atoms with Crippen molar-refractivity contribution in [2.45, 2.75) is 17.4 Å². The number of aliphatic hydroxyl groups is 1. The van der Waals surface area contributed by atoms with Gasteiger partial charge in [0.2, 0.25) is 17.3 Å². The van der Waals surface area contributed by atoms with Crippen LogP contribution in [0.2, 0.25) is 0 Å². The van der Waals surface area contributed by atoms with Gasteiger partial charge in [-0.15, -0.1) is 0 Å². The zero-order valence-electron chi connectivity index (χ0n) is 18.8. The maximum absolute atomic E-state index is 13.7. The van der Waals surface area contributed by atoms with Crippen molar-refractivity contribution >= 4 is 5.78 Å². The van der Waals surface area contributed by atoms with E-state index in [4.69, 9.17) is 28.4 Å². The molecule has 170 valence electrons. The highest BCUT2D eigenvalue weighted by molar-refractivity contribution is 6.04. The number of hydrogen-bond donors (Lipinski definition) is 1. The summed E-state index contributed by atoms with van der Waals surface area (Å²) in [5, 5.41) is 12.4. The van der Waals surface area contributed by atoms with Gasteiger partial charge in [-0.3, -0.25) is 4.79 Å². The van der Waals surface area contributed by atoms with E-state index in [1.165, 1.54) is 35.5 Å². The van der Waals surface area contributed by atoms with Gasteiger partial charge >= 0.3 is 0 Å². The Labute approximate surface area is 186 Å². The number of allylic oxidation sites excluding steroid dienone is 1. The Hall–Kier alpha value is -3.39. The molecule has 0 spiro atoms. The molecule has 4 rings (SSSR count). The van der Waals surface area contributed by atoms with Crippen molar-refractivity contribution in [1.82, 2.24) is 0 Å². The average molecular weight is 442 g/mol. The van der Waals surface area contributed by atoms with Gasteiger partial charge in [0.05, 0.1) is 48.6 Å². The number of ether oxygens (including phenoxy) is 6. The molecule has 0 radical (unpaired) electrons. The monoisotopic (exact) mass is 442 g/mol. The third-order valence-electron chi connectivity index (χ3n) is 6.30. The Morgan fingerprint density at radius 1 is 0.781 bits per heavy atom. The van der Waals surface area contributed by atoms with Gasteiger partial charge in [0.25, 0.3) is 0 Å². The predicted octanol–water partition coefficient (Wildman–Crippen LogP) is 2.88. The minimum Gasteiger partial charge on any atom is -0.496 e. The number of Topliss-reactive ketones (excluding diaryl/α,β-unsaturated/α-hetero) is 1. The van der Waals surface area contributed by atoms with E-state index < -0.39 is 17.4 Å². The SMILES string of the molecule is COC1=C(OC)[C@@]2(O)c3c(cc(OC)c(OC)c3OC)[C@@H](C1=O)[C@@H]2c1ccccc1OC. The highest BCUT2D eigenvalue weighted by atomic mass is 16.5. The first-order chi connectivity index (χ1) is 15.4. The standard InChI is InChI=1S/C24H26O8/c1-27-14-10-8-7-9-12(14)17-16-13-11-15(28-2)20(29-3)21(30-4)18(13)24(17,26)23(32-6)22(31-5)19(16)25/h7-11,16-17,26H,1-6H3/t16-,17+,24+/m1/s1. The van der Waals surface area contributed by atoms with Crippen LogP contribution in [-0.4, -0.2) is 53.5 Å². The predicted molar refractivity (Wildman–Crippen MR) is 115 cm³/mol. The summed E-state index contributed by atoms with van der Waals surface area (Å²) < 4.78 is 33.4. The van der Waals surface area contributed by atoms with Crippen molar-refractivity contribution in [1.29, 1.82) is 0 Å². The molecule has 2 aromatic carbocycles. The largest absolute Gasteiger partial charge is 0.496 e. The van der Waals surface area contributed by atoms with E-state index >= 15 is 0 Å². The summed E-state index contributed by atoms with van der Waals surface area (Å²) in [5.74, 6) is -0.447. The highest BCUT2D eigenvalue weighted by Gasteiger charge is 2.65. The fourth-order valence-electron chi connectivity index (χ4n) is 5.13. The van der Waals surface area contributed by atoms with Crippen LogP contribution >= 0.6 is 0 Å². The zero-order valence-corrected chi connectivity index (χ0v) is 18.8. The van der Waals surface area contributed by atoms with E-state index in [1.807, 2.05) is 18.2 Å². The molecule has 0 amide bonds. The average Bonchev–Trinajstić information content (AvgIpc) is 3.04. The fraction of sp³-hybridized carbons (Fsp3) is 0.375. The lowest BCUT2D eigenvalue weighted by atomic mass is 9.71. The van der Waals surface area contributed by atoms with Crippen LogP contribution in [0, 0.1) is 0 Å². The smallest absolute Gasteiger partial charge is 0.209 e. The molecule has 0 aliphatic heterocycles. The number of benzene rings is 2. The first-order valence-corrected chi connectivity index (χ1v) is 9.99. The Kier molecular flexibility index (Phi) is 5.42. The lowest BCUT2D eigenvalue weighted by molar-refractivity contribution is -0.126. The van der Waals surface area contributed by atoms with E-state index in [0.29, 0.717) is 33.9 Å². The van der Waals surface area contributed by atoms with Gasteiger partial charge < -0.3 is 33.5 Å². The summed E-state index contributed by atoms with van der Waals surface area (Å²) in [7, 11) is 8.76. The number of para-hydroxylation sites is 1. The summed E-state index contributed by atoms with van der Waals surface area (Å²) in [5.41, 5.74) is -0.231. The number of methoxy groups -OCH3 is 6. The van der Waals surface area contributed by atoms with E-state index in [-0.39, 0.29) is 23.1 Å². The van der Waals surface area contributed by atoms with E-state index in [9.17, 15) is 9.90 Å². The van der Waals surface area contributed by atoms with Gasteiger partial charge in [-0.1, -0.05) is 18.2 Å². The molecule has 2 aromatic rings. The van der Waals surface area contributed by atoms with Gasteiger partial charge in [-0.25, -0.2) is 0 Å². The van der Waals surface area contributed by atoms with Gasteiger partial charge in [-0.05, 0) is 17.7 Å². The first kappa shape index (κ1) is 21.8. The van der Waals surface area contributed by atoms with Crippen LogP contribution in [0.3, 0.4) is 0 Å². The number of fused-ring (bicyclic) bond motifs is 5. The van der Waals surface area contributed by atoms with Crippen molar-refractivity contribution in [3.63, 3.8) is 0 Å². The van der Waals surface area contributed by atoms with Gasteiger partial charge in [0.1, 0.15) is 5.75 Å². The molecule has 8 nitrogen and oxygen atoms in total. The Bertz CT molecular complexity index is 1110. The molecule has 2 bridgehead atoms. The Morgan fingerprint density at radius 3 is 2.00 bits per heavy atom. The van der Waals surface area contributed by atoms with Gasteiger partial charge in [-0.2, -0.15) is 0 Å². The second kappa shape index (κ2) is 7.94. The molecule has 3 atom stereocenters. The number of carbonyl (C=O) groups excluding carboxylic acids is 1. The van der Waals surface area contributed by atoms with Crippen LogP contribution in [-0.2, 0) is 19.9 Å². The molecule has 32 heavy (non-hydrogen) atoms. The molecule has 8 heteroatoms. The van der Waals surface area contributed by atoms with E-state index in [0.717, 1.165) is 0 Å². The van der Waals surface area contributed by atoms with Crippen LogP contribution in [0.4, 0.5) is 0 Å². The van der Waals surface area contributed by atoms with Crippen LogP contribution in [0.15, 0.2) is 41.9 Å². The second-order valence-electron chi connectivity index (χ2n) is 7.50. The Morgan fingerprint density at radius 2 is 1.44 bits per heavy atom. The van der Waals surface area contributed by atoms with E-state index in [1.54, 1.807) is 19.2 Å². The molecule has 0 aromatic heterocycles. The van der Waals surface area contributed by atoms with Crippen LogP contribution in [0.5, 0.6) is 23.0 Å². The van der Waals surface area contributed by atoms with Crippen molar-refractivity contribution in [3.05, 3.63) is 58.5 Å². The lowest BCUT2D eigenvalue weighted by Gasteiger charge is -2.39. The number of ketones is 1. The number of hydrogen-bond acceptors (Lipinski definition) is 8. The molecular formula is C24H26O8. The number of rotatable bonds is 7. The summed E-state index contributed by atoms with van der Waals surface area (Å²) >= 11 is 0. The quantitative estimate of drug-likeness (QED) is 0.700. The highest BCUT2D eigenvalue weighted by Crippen LogP contribution is 2.67. The summed E-state index contributed by atoms with van der Waals surface area (Å²) in [4.78, 5) is 13.7. The van der Waals surface area contributed by atoms with Crippen molar-refractivity contribution in [2.75, 3.05) is 42.7 Å². The molecule has 0 fully saturated rings. The molecule has 0 heterocycles. The third kappa shape index (κ3) is 2.62. The summed E-state index contributed by atoms with van der Waals surface area (Å²) in [6, 6.07) is 8.97. The molecule has 0 saturated heterocycles. The minimum absolute atomic E-state index is 0.00132. The van der Waals surface area contributed by atoms with Crippen molar-refractivity contribution in [3.8, 4) is 23.0 Å². The second-order valence-corrected chi connectivity index (χ2v) is 7.50. The number of carbonyl (C=O) groups is 1. The first-order valence-electron chi connectivity index (χ1n) is 9.99. The summed E-state index contributed by atoms with van der Waals surface area (Å²) in [6.45, 7) is 0. The van der Waals surface area contributed by atoms with Crippen LogP contribution in [0.1, 0.15) is 28.5 Å². The van der Waals surface area contributed by atoms with Crippen LogP contribution in [0.25, 0.3) is 0 Å². The molecule has 0 unspecified atom stereocenters. The maximum Gasteiger partial charge on any atom is 0.209 e. The minimum atomic E-state index is -1.80. The Balaban J connectivity index is 2.16. The normalized spacial score (nSPS) is 23.5.